The van der Waals surface area contributed by atoms with Gasteiger partial charge < -0.3 is 26.4 Å². The standard InChI is InChI=1S/C17H18N2O5.ClH/c18-15(11-4-2-1-3-5-11)16(22)19-12(17(23)24)8-10-6-7-13(20)14(21)9-10;/h1-7,9,12,15,20-21H,8,18H2,(H,19,22)(H,23,24);1H/t12-,15-;/m0./s1. The molecule has 0 bridgehead atoms. The van der Waals surface area contributed by atoms with E-state index in [0.29, 0.717) is 11.1 Å². The smallest absolute Gasteiger partial charge is 0.326 e. The van der Waals surface area contributed by atoms with Crippen LogP contribution in [0.1, 0.15) is 17.2 Å². The molecule has 0 aliphatic rings. The fraction of sp³-hybridized carbons (Fsp3) is 0.176. The predicted octanol–water partition coefficient (Wildman–Crippen LogP) is 1.33. The zero-order chi connectivity index (χ0) is 17.7. The molecule has 0 spiro atoms. The summed E-state index contributed by atoms with van der Waals surface area (Å²) >= 11 is 0. The van der Waals surface area contributed by atoms with E-state index in [0.717, 1.165) is 0 Å². The van der Waals surface area contributed by atoms with E-state index >= 15 is 0 Å². The fourth-order valence-electron chi connectivity index (χ4n) is 2.21. The van der Waals surface area contributed by atoms with Gasteiger partial charge in [-0.1, -0.05) is 36.4 Å². The van der Waals surface area contributed by atoms with Gasteiger partial charge in [0.25, 0.3) is 0 Å². The van der Waals surface area contributed by atoms with E-state index in [-0.39, 0.29) is 30.3 Å². The number of phenolic OH excluding ortho intramolecular Hbond substituents is 2. The Morgan fingerprint density at radius 3 is 2.24 bits per heavy atom. The van der Waals surface area contributed by atoms with Gasteiger partial charge in [0, 0.05) is 6.42 Å². The summed E-state index contributed by atoms with van der Waals surface area (Å²) in [7, 11) is 0. The predicted molar refractivity (Wildman–Crippen MR) is 93.7 cm³/mol. The van der Waals surface area contributed by atoms with Crippen molar-refractivity contribution < 1.29 is 24.9 Å². The number of nitrogens with two attached hydrogens (primary N) is 1. The van der Waals surface area contributed by atoms with Crippen LogP contribution in [0.25, 0.3) is 0 Å². The van der Waals surface area contributed by atoms with Gasteiger partial charge in [-0.15, -0.1) is 12.4 Å². The molecule has 2 atom stereocenters. The Morgan fingerprint density at radius 1 is 1.04 bits per heavy atom. The second-order valence-electron chi connectivity index (χ2n) is 5.31. The average Bonchev–Trinajstić information content (AvgIpc) is 2.57. The molecule has 2 aromatic rings. The van der Waals surface area contributed by atoms with Crippen LogP contribution in [0.3, 0.4) is 0 Å². The molecule has 6 N–H and O–H groups in total. The minimum atomic E-state index is -1.23. The Hall–Kier alpha value is -2.77. The molecule has 8 heteroatoms. The lowest BCUT2D eigenvalue weighted by Gasteiger charge is -2.18. The molecule has 0 unspecified atom stereocenters. The van der Waals surface area contributed by atoms with Crippen molar-refractivity contribution in [2.24, 2.45) is 5.73 Å². The number of carboxylic acids is 1. The molecule has 0 saturated carbocycles. The lowest BCUT2D eigenvalue weighted by molar-refractivity contribution is -0.142. The van der Waals surface area contributed by atoms with Crippen molar-refractivity contribution in [2.45, 2.75) is 18.5 Å². The molecular formula is C17H19ClN2O5. The number of aliphatic carboxylic acids is 1. The van der Waals surface area contributed by atoms with Gasteiger partial charge in [0.15, 0.2) is 11.5 Å². The normalized spacial score (nSPS) is 12.5. The molecule has 0 fully saturated rings. The summed E-state index contributed by atoms with van der Waals surface area (Å²) in [6, 6.07) is 10.4. The van der Waals surface area contributed by atoms with Crippen LogP contribution in [0.4, 0.5) is 0 Å². The summed E-state index contributed by atoms with van der Waals surface area (Å²) in [6.45, 7) is 0. The first-order valence-corrected chi connectivity index (χ1v) is 7.23. The number of nitrogens with one attached hydrogen (secondary N) is 1. The summed E-state index contributed by atoms with van der Waals surface area (Å²) in [5.74, 6) is -2.50. The van der Waals surface area contributed by atoms with Crippen molar-refractivity contribution in [2.75, 3.05) is 0 Å². The van der Waals surface area contributed by atoms with Crippen molar-refractivity contribution in [3.63, 3.8) is 0 Å². The molecule has 2 rings (SSSR count). The van der Waals surface area contributed by atoms with E-state index in [1.165, 1.54) is 18.2 Å². The molecule has 0 saturated heterocycles. The Balaban J connectivity index is 0.00000312. The maximum Gasteiger partial charge on any atom is 0.326 e. The van der Waals surface area contributed by atoms with Crippen molar-refractivity contribution in [1.29, 1.82) is 0 Å². The topological polar surface area (TPSA) is 133 Å². The Kier molecular flexibility index (Phi) is 7.22. The number of rotatable bonds is 6. The van der Waals surface area contributed by atoms with Crippen LogP contribution in [0.2, 0.25) is 0 Å². The molecule has 1 amide bonds. The second-order valence-corrected chi connectivity index (χ2v) is 5.31. The zero-order valence-electron chi connectivity index (χ0n) is 13.1. The van der Waals surface area contributed by atoms with Gasteiger partial charge in [0.05, 0.1) is 0 Å². The number of carbonyl (C=O) groups is 2. The molecular weight excluding hydrogens is 348 g/mol. The van der Waals surface area contributed by atoms with Gasteiger partial charge in [-0.3, -0.25) is 4.79 Å². The van der Waals surface area contributed by atoms with E-state index in [1.807, 2.05) is 0 Å². The number of hydrogen-bond acceptors (Lipinski definition) is 5. The van der Waals surface area contributed by atoms with Gasteiger partial charge in [0.2, 0.25) is 5.91 Å². The molecule has 0 aromatic heterocycles. The van der Waals surface area contributed by atoms with Gasteiger partial charge in [-0.05, 0) is 23.3 Å². The van der Waals surface area contributed by atoms with Crippen LogP contribution in [0, 0.1) is 0 Å². The number of phenols is 2. The number of halogens is 1. The maximum absolute atomic E-state index is 12.2. The molecule has 0 radical (unpaired) electrons. The Labute approximate surface area is 150 Å². The van der Waals surface area contributed by atoms with Crippen LogP contribution in [-0.2, 0) is 16.0 Å². The van der Waals surface area contributed by atoms with Crippen LogP contribution in [0.5, 0.6) is 11.5 Å². The van der Waals surface area contributed by atoms with Gasteiger partial charge in [-0.25, -0.2) is 4.79 Å². The summed E-state index contributed by atoms with van der Waals surface area (Å²) in [5, 5.41) is 30.4. The van der Waals surface area contributed by atoms with Crippen molar-refractivity contribution in [1.82, 2.24) is 5.32 Å². The molecule has 134 valence electrons. The van der Waals surface area contributed by atoms with Gasteiger partial charge >= 0.3 is 5.97 Å². The molecule has 0 heterocycles. The van der Waals surface area contributed by atoms with Crippen molar-refractivity contribution in [3.8, 4) is 11.5 Å². The molecule has 0 aliphatic carbocycles. The minimum Gasteiger partial charge on any atom is -0.504 e. The summed E-state index contributed by atoms with van der Waals surface area (Å²) < 4.78 is 0. The third-order valence-electron chi connectivity index (χ3n) is 3.54. The minimum absolute atomic E-state index is 0. The zero-order valence-corrected chi connectivity index (χ0v) is 13.9. The highest BCUT2D eigenvalue weighted by molar-refractivity contribution is 5.87. The van der Waals surface area contributed by atoms with E-state index < -0.39 is 24.0 Å². The molecule has 25 heavy (non-hydrogen) atoms. The van der Waals surface area contributed by atoms with E-state index in [2.05, 4.69) is 5.32 Å². The van der Waals surface area contributed by atoms with Crippen LogP contribution in [-0.4, -0.2) is 33.2 Å². The van der Waals surface area contributed by atoms with E-state index in [4.69, 9.17) is 5.73 Å². The lowest BCUT2D eigenvalue weighted by atomic mass is 10.0. The summed E-state index contributed by atoms with van der Waals surface area (Å²) in [4.78, 5) is 23.6. The van der Waals surface area contributed by atoms with Gasteiger partial charge in [-0.2, -0.15) is 0 Å². The first-order valence-electron chi connectivity index (χ1n) is 7.23. The average molecular weight is 367 g/mol. The first-order chi connectivity index (χ1) is 11.4. The maximum atomic E-state index is 12.2. The number of carbonyl (C=O) groups excluding carboxylic acids is 1. The van der Waals surface area contributed by atoms with E-state index in [1.54, 1.807) is 30.3 Å². The first kappa shape index (κ1) is 20.3. The Bertz CT molecular complexity index is 739. The molecule has 2 aromatic carbocycles. The fourth-order valence-corrected chi connectivity index (χ4v) is 2.21. The number of hydrogen-bond donors (Lipinski definition) is 5. The van der Waals surface area contributed by atoms with Crippen LogP contribution < -0.4 is 11.1 Å². The highest BCUT2D eigenvalue weighted by Gasteiger charge is 2.24. The third-order valence-corrected chi connectivity index (χ3v) is 3.54. The number of aromatic hydroxyl groups is 2. The number of amides is 1. The van der Waals surface area contributed by atoms with Gasteiger partial charge in [0.1, 0.15) is 12.1 Å². The number of benzene rings is 2. The Morgan fingerprint density at radius 2 is 1.68 bits per heavy atom. The lowest BCUT2D eigenvalue weighted by Crippen LogP contribution is -2.46. The monoisotopic (exact) mass is 366 g/mol. The summed E-state index contributed by atoms with van der Waals surface area (Å²) in [6.07, 6.45) is -0.0591. The van der Waals surface area contributed by atoms with Crippen LogP contribution in [0.15, 0.2) is 48.5 Å². The number of carboxylic acid groups (broad SMARTS) is 1. The van der Waals surface area contributed by atoms with E-state index in [9.17, 15) is 24.9 Å². The van der Waals surface area contributed by atoms with Crippen molar-refractivity contribution >= 4 is 24.3 Å². The largest absolute Gasteiger partial charge is 0.504 e. The quantitative estimate of drug-likeness (QED) is 0.490. The summed E-state index contributed by atoms with van der Waals surface area (Å²) in [5.41, 5.74) is 6.87. The van der Waals surface area contributed by atoms with Crippen molar-refractivity contribution in [3.05, 3.63) is 59.7 Å². The highest BCUT2D eigenvalue weighted by Crippen LogP contribution is 2.25. The molecule has 7 nitrogen and oxygen atoms in total. The SMILES string of the molecule is Cl.N[C@H](C(=O)N[C@@H](Cc1ccc(O)c(O)c1)C(=O)O)c1ccccc1. The highest BCUT2D eigenvalue weighted by atomic mass is 35.5. The molecule has 0 aliphatic heterocycles. The third kappa shape index (κ3) is 5.37. The second kappa shape index (κ2) is 8.91. The van der Waals surface area contributed by atoms with Crippen LogP contribution >= 0.6 is 12.4 Å².